The molecule has 1 heterocycles. The second-order valence-corrected chi connectivity index (χ2v) is 4.77. The molecule has 1 aromatic heterocycles. The summed E-state index contributed by atoms with van der Waals surface area (Å²) in [4.78, 5) is 0. The second-order valence-electron chi connectivity index (χ2n) is 4.77. The van der Waals surface area contributed by atoms with Crippen molar-refractivity contribution in [3.05, 3.63) is 11.8 Å². The molecule has 17 heavy (non-hydrogen) atoms. The van der Waals surface area contributed by atoms with E-state index in [0.717, 1.165) is 24.4 Å². The van der Waals surface area contributed by atoms with Crippen LogP contribution in [0.3, 0.4) is 0 Å². The SMILES string of the molecule is CCCCCCC(CC)n1nc(CC)cc1N. The van der Waals surface area contributed by atoms with Gasteiger partial charge in [-0.2, -0.15) is 5.10 Å². The molecular weight excluding hydrogens is 210 g/mol. The highest BCUT2D eigenvalue weighted by Crippen LogP contribution is 2.23. The minimum absolute atomic E-state index is 0.479. The third kappa shape index (κ3) is 4.06. The first-order valence-corrected chi connectivity index (χ1v) is 7.06. The number of nitrogens with two attached hydrogens (primary N) is 1. The maximum Gasteiger partial charge on any atom is 0.122 e. The first-order chi connectivity index (χ1) is 8.22. The molecule has 3 heteroatoms. The largest absolute Gasteiger partial charge is 0.384 e. The molecule has 3 nitrogen and oxygen atoms in total. The molecule has 0 radical (unpaired) electrons. The highest BCUT2D eigenvalue weighted by Gasteiger charge is 2.13. The van der Waals surface area contributed by atoms with E-state index in [1.807, 2.05) is 10.7 Å². The van der Waals surface area contributed by atoms with Crippen molar-refractivity contribution >= 4 is 5.82 Å². The van der Waals surface area contributed by atoms with Crippen LogP contribution in [-0.2, 0) is 6.42 Å². The smallest absolute Gasteiger partial charge is 0.122 e. The molecule has 98 valence electrons. The fourth-order valence-corrected chi connectivity index (χ4v) is 2.23. The van der Waals surface area contributed by atoms with Gasteiger partial charge in [-0.25, -0.2) is 4.68 Å². The average Bonchev–Trinajstić information content (AvgIpc) is 2.71. The normalized spacial score (nSPS) is 12.9. The molecule has 1 atom stereocenters. The Morgan fingerprint density at radius 3 is 2.53 bits per heavy atom. The van der Waals surface area contributed by atoms with Gasteiger partial charge in [-0.15, -0.1) is 0 Å². The average molecular weight is 237 g/mol. The summed E-state index contributed by atoms with van der Waals surface area (Å²) >= 11 is 0. The Labute approximate surface area is 105 Å². The number of rotatable bonds is 8. The molecule has 0 spiro atoms. The number of hydrogen-bond acceptors (Lipinski definition) is 2. The third-order valence-corrected chi connectivity index (χ3v) is 3.39. The van der Waals surface area contributed by atoms with Crippen molar-refractivity contribution in [2.45, 2.75) is 71.8 Å². The Bertz CT molecular complexity index is 317. The van der Waals surface area contributed by atoms with Gasteiger partial charge in [0, 0.05) is 6.07 Å². The van der Waals surface area contributed by atoms with E-state index in [1.54, 1.807) is 0 Å². The molecule has 0 aliphatic carbocycles. The van der Waals surface area contributed by atoms with Crippen molar-refractivity contribution in [2.75, 3.05) is 5.73 Å². The Morgan fingerprint density at radius 1 is 1.24 bits per heavy atom. The molecule has 1 aromatic rings. The zero-order chi connectivity index (χ0) is 12.7. The highest BCUT2D eigenvalue weighted by atomic mass is 15.3. The number of nitrogen functional groups attached to an aromatic ring is 1. The van der Waals surface area contributed by atoms with Crippen LogP contribution in [0.4, 0.5) is 5.82 Å². The van der Waals surface area contributed by atoms with E-state index in [-0.39, 0.29) is 0 Å². The van der Waals surface area contributed by atoms with Gasteiger partial charge < -0.3 is 5.73 Å². The maximum atomic E-state index is 6.02. The summed E-state index contributed by atoms with van der Waals surface area (Å²) in [6.07, 6.45) is 8.52. The highest BCUT2D eigenvalue weighted by molar-refractivity contribution is 5.31. The number of anilines is 1. The number of nitrogens with zero attached hydrogens (tertiary/aromatic N) is 2. The third-order valence-electron chi connectivity index (χ3n) is 3.39. The molecule has 1 rings (SSSR count). The van der Waals surface area contributed by atoms with E-state index < -0.39 is 0 Å². The second kappa shape index (κ2) is 7.36. The van der Waals surface area contributed by atoms with E-state index in [4.69, 9.17) is 5.73 Å². The Kier molecular flexibility index (Phi) is 6.09. The van der Waals surface area contributed by atoms with Gasteiger partial charge in [-0.3, -0.25) is 0 Å². The van der Waals surface area contributed by atoms with Gasteiger partial charge in [0.15, 0.2) is 0 Å². The minimum Gasteiger partial charge on any atom is -0.384 e. The van der Waals surface area contributed by atoms with Gasteiger partial charge in [0.25, 0.3) is 0 Å². The van der Waals surface area contributed by atoms with E-state index in [9.17, 15) is 0 Å². The van der Waals surface area contributed by atoms with E-state index >= 15 is 0 Å². The maximum absolute atomic E-state index is 6.02. The van der Waals surface area contributed by atoms with Crippen molar-refractivity contribution in [1.29, 1.82) is 0 Å². The van der Waals surface area contributed by atoms with Crippen LogP contribution in [0.25, 0.3) is 0 Å². The number of hydrogen-bond donors (Lipinski definition) is 1. The standard InChI is InChI=1S/C14H27N3/c1-4-7-8-9-10-13(6-3)17-14(15)11-12(5-2)16-17/h11,13H,4-10,15H2,1-3H3. The number of aromatic nitrogens is 2. The van der Waals surface area contributed by atoms with Crippen molar-refractivity contribution in [2.24, 2.45) is 0 Å². The summed E-state index contributed by atoms with van der Waals surface area (Å²) in [7, 11) is 0. The lowest BCUT2D eigenvalue weighted by Crippen LogP contribution is -2.12. The predicted molar refractivity (Wildman–Crippen MR) is 74.1 cm³/mol. The first-order valence-electron chi connectivity index (χ1n) is 7.06. The van der Waals surface area contributed by atoms with Gasteiger partial charge in [-0.05, 0) is 19.3 Å². The molecule has 0 saturated heterocycles. The van der Waals surface area contributed by atoms with Gasteiger partial charge in [0.1, 0.15) is 5.82 Å². The summed E-state index contributed by atoms with van der Waals surface area (Å²) in [5, 5.41) is 4.59. The molecular formula is C14H27N3. The molecule has 1 unspecified atom stereocenters. The lowest BCUT2D eigenvalue weighted by molar-refractivity contribution is 0.397. The summed E-state index contributed by atoms with van der Waals surface area (Å²) in [6.45, 7) is 6.59. The van der Waals surface area contributed by atoms with Crippen molar-refractivity contribution in [3.8, 4) is 0 Å². The monoisotopic (exact) mass is 237 g/mol. The molecule has 0 aliphatic rings. The fraction of sp³-hybridized carbons (Fsp3) is 0.786. The Balaban J connectivity index is 2.56. The van der Waals surface area contributed by atoms with E-state index in [0.29, 0.717) is 6.04 Å². The zero-order valence-corrected chi connectivity index (χ0v) is 11.6. The predicted octanol–water partition coefficient (Wildman–Crippen LogP) is 3.95. The van der Waals surface area contributed by atoms with Crippen LogP contribution in [0, 0.1) is 0 Å². The van der Waals surface area contributed by atoms with Gasteiger partial charge in [0.05, 0.1) is 11.7 Å². The quantitative estimate of drug-likeness (QED) is 0.696. The van der Waals surface area contributed by atoms with Gasteiger partial charge >= 0.3 is 0 Å². The van der Waals surface area contributed by atoms with Crippen LogP contribution in [0.5, 0.6) is 0 Å². The summed E-state index contributed by atoms with van der Waals surface area (Å²) in [5.41, 5.74) is 7.13. The minimum atomic E-state index is 0.479. The first kappa shape index (κ1) is 14.1. The molecule has 0 aromatic carbocycles. The van der Waals surface area contributed by atoms with Crippen LogP contribution in [0.15, 0.2) is 6.07 Å². The number of aryl methyl sites for hydroxylation is 1. The van der Waals surface area contributed by atoms with Crippen molar-refractivity contribution in [1.82, 2.24) is 9.78 Å². The Hall–Kier alpha value is -0.990. The van der Waals surface area contributed by atoms with Gasteiger partial charge in [-0.1, -0.05) is 46.5 Å². The van der Waals surface area contributed by atoms with Crippen LogP contribution < -0.4 is 5.73 Å². The fourth-order valence-electron chi connectivity index (χ4n) is 2.23. The number of unbranched alkanes of at least 4 members (excludes halogenated alkanes) is 3. The van der Waals surface area contributed by atoms with Crippen LogP contribution in [-0.4, -0.2) is 9.78 Å². The zero-order valence-electron chi connectivity index (χ0n) is 11.6. The van der Waals surface area contributed by atoms with Crippen LogP contribution in [0.2, 0.25) is 0 Å². The van der Waals surface area contributed by atoms with Crippen molar-refractivity contribution in [3.63, 3.8) is 0 Å². The molecule has 0 bridgehead atoms. The summed E-state index contributed by atoms with van der Waals surface area (Å²) < 4.78 is 2.03. The van der Waals surface area contributed by atoms with Crippen LogP contribution >= 0.6 is 0 Å². The lowest BCUT2D eigenvalue weighted by atomic mass is 10.1. The molecule has 0 amide bonds. The summed E-state index contributed by atoms with van der Waals surface area (Å²) in [6, 6.07) is 2.49. The topological polar surface area (TPSA) is 43.8 Å². The van der Waals surface area contributed by atoms with Crippen molar-refractivity contribution < 1.29 is 0 Å². The van der Waals surface area contributed by atoms with Crippen LogP contribution in [0.1, 0.15) is 71.0 Å². The van der Waals surface area contributed by atoms with Gasteiger partial charge in [0.2, 0.25) is 0 Å². The molecule has 0 fully saturated rings. The molecule has 0 saturated carbocycles. The molecule has 0 aliphatic heterocycles. The summed E-state index contributed by atoms with van der Waals surface area (Å²) in [5.74, 6) is 0.823. The van der Waals surface area contributed by atoms with E-state index in [2.05, 4.69) is 25.9 Å². The Morgan fingerprint density at radius 2 is 2.00 bits per heavy atom. The van der Waals surface area contributed by atoms with E-state index in [1.165, 1.54) is 32.1 Å². The lowest BCUT2D eigenvalue weighted by Gasteiger charge is -2.17. The molecule has 2 N–H and O–H groups in total.